The van der Waals surface area contributed by atoms with Crippen LogP contribution in [0.1, 0.15) is 5.56 Å². The van der Waals surface area contributed by atoms with Crippen LogP contribution in [0.4, 0.5) is 0 Å². The molecule has 25 heavy (non-hydrogen) atoms. The molecule has 0 aliphatic carbocycles. The largest absolute Gasteiger partial charge is 0.493 e. The highest BCUT2D eigenvalue weighted by Crippen LogP contribution is 2.17. The molecule has 3 atom stereocenters. The minimum atomic E-state index is -1.09. The van der Waals surface area contributed by atoms with Gasteiger partial charge >= 0.3 is 0 Å². The van der Waals surface area contributed by atoms with Gasteiger partial charge in [0.25, 0.3) is 0 Å². The van der Waals surface area contributed by atoms with Crippen LogP contribution in [0.15, 0.2) is 42.7 Å². The van der Waals surface area contributed by atoms with Gasteiger partial charge in [-0.05, 0) is 17.7 Å². The highest BCUT2D eigenvalue weighted by Gasteiger charge is 2.31. The second-order valence-corrected chi connectivity index (χ2v) is 13.1. The summed E-state index contributed by atoms with van der Waals surface area (Å²) < 4.78 is 22.3. The maximum atomic E-state index is 10.4. The molecule has 6 heteroatoms. The quantitative estimate of drug-likeness (QED) is 0.392. The lowest BCUT2D eigenvalue weighted by Crippen LogP contribution is -2.44. The van der Waals surface area contributed by atoms with Gasteiger partial charge in [-0.1, -0.05) is 50.0 Å². The van der Waals surface area contributed by atoms with Crippen molar-refractivity contribution in [1.82, 2.24) is 0 Å². The summed E-state index contributed by atoms with van der Waals surface area (Å²) in [5.74, 6) is 0. The SMILES string of the molecule is C[Si](C)(C)CCOCO[C@H]1C=CO[C@H](COCc2ccccc2)[C@H]1O. The van der Waals surface area contributed by atoms with Crippen LogP contribution in [0.2, 0.25) is 25.7 Å². The third-order valence-electron chi connectivity index (χ3n) is 3.97. The summed E-state index contributed by atoms with van der Waals surface area (Å²) in [5, 5.41) is 10.4. The lowest BCUT2D eigenvalue weighted by Gasteiger charge is -2.31. The van der Waals surface area contributed by atoms with Crippen LogP contribution < -0.4 is 0 Å². The average Bonchev–Trinajstić information content (AvgIpc) is 2.57. The van der Waals surface area contributed by atoms with Crippen molar-refractivity contribution >= 4 is 8.07 Å². The van der Waals surface area contributed by atoms with Crippen molar-refractivity contribution in [3.8, 4) is 0 Å². The van der Waals surface area contributed by atoms with E-state index in [2.05, 4.69) is 19.6 Å². The Kier molecular flexibility index (Phi) is 8.12. The van der Waals surface area contributed by atoms with Crippen molar-refractivity contribution in [3.63, 3.8) is 0 Å². The second-order valence-electron chi connectivity index (χ2n) is 7.46. The molecule has 0 saturated carbocycles. The molecule has 0 amide bonds. The first kappa shape index (κ1) is 20.1. The van der Waals surface area contributed by atoms with E-state index in [1.54, 1.807) is 12.3 Å². The Morgan fingerprint density at radius 1 is 1.12 bits per heavy atom. The van der Waals surface area contributed by atoms with Gasteiger partial charge < -0.3 is 24.1 Å². The molecule has 1 aliphatic rings. The molecule has 1 aromatic rings. The molecule has 0 fully saturated rings. The van der Waals surface area contributed by atoms with Crippen LogP contribution >= 0.6 is 0 Å². The van der Waals surface area contributed by atoms with Gasteiger partial charge in [0.05, 0.1) is 19.5 Å². The van der Waals surface area contributed by atoms with E-state index in [0.717, 1.165) is 11.6 Å². The summed E-state index contributed by atoms with van der Waals surface area (Å²) in [4.78, 5) is 0. The van der Waals surface area contributed by atoms with Crippen LogP contribution in [0.3, 0.4) is 0 Å². The number of ether oxygens (including phenoxy) is 4. The van der Waals surface area contributed by atoms with E-state index in [-0.39, 0.29) is 6.79 Å². The van der Waals surface area contributed by atoms with Crippen LogP contribution in [-0.4, -0.2) is 51.5 Å². The number of rotatable bonds is 10. The zero-order valence-electron chi connectivity index (χ0n) is 15.4. The van der Waals surface area contributed by atoms with Gasteiger partial charge in [0, 0.05) is 14.7 Å². The molecule has 5 nitrogen and oxygen atoms in total. The summed E-state index contributed by atoms with van der Waals surface area (Å²) in [5.41, 5.74) is 1.09. The van der Waals surface area contributed by atoms with Gasteiger partial charge in [0.15, 0.2) is 0 Å². The Bertz CT molecular complexity index is 514. The molecule has 0 spiro atoms. The summed E-state index contributed by atoms with van der Waals surface area (Å²) in [6.45, 7) is 8.59. The molecule has 0 radical (unpaired) electrons. The van der Waals surface area contributed by atoms with Crippen molar-refractivity contribution in [3.05, 3.63) is 48.2 Å². The van der Waals surface area contributed by atoms with Gasteiger partial charge in [-0.3, -0.25) is 0 Å². The van der Waals surface area contributed by atoms with E-state index in [4.69, 9.17) is 18.9 Å². The smallest absolute Gasteiger partial charge is 0.150 e. The Hall–Kier alpha value is -1.18. The van der Waals surface area contributed by atoms with Crippen molar-refractivity contribution in [2.24, 2.45) is 0 Å². The molecule has 1 N–H and O–H groups in total. The topological polar surface area (TPSA) is 57.2 Å². The maximum absolute atomic E-state index is 10.4. The van der Waals surface area contributed by atoms with Crippen molar-refractivity contribution in [1.29, 1.82) is 0 Å². The Balaban J connectivity index is 1.66. The van der Waals surface area contributed by atoms with E-state index in [9.17, 15) is 5.11 Å². The maximum Gasteiger partial charge on any atom is 0.150 e. The summed E-state index contributed by atoms with van der Waals surface area (Å²) in [7, 11) is -1.09. The predicted octanol–water partition coefficient (Wildman–Crippen LogP) is 3.17. The van der Waals surface area contributed by atoms with E-state index in [0.29, 0.717) is 19.8 Å². The van der Waals surface area contributed by atoms with E-state index in [1.807, 2.05) is 30.3 Å². The highest BCUT2D eigenvalue weighted by atomic mass is 28.3. The summed E-state index contributed by atoms with van der Waals surface area (Å²) >= 11 is 0. The Labute approximate surface area is 151 Å². The molecule has 0 unspecified atom stereocenters. The number of hydrogen-bond acceptors (Lipinski definition) is 5. The molecule has 0 aromatic heterocycles. The van der Waals surface area contributed by atoms with Crippen LogP contribution in [0, 0.1) is 0 Å². The zero-order chi connectivity index (χ0) is 18.1. The lowest BCUT2D eigenvalue weighted by atomic mass is 10.1. The molecule has 0 bridgehead atoms. The van der Waals surface area contributed by atoms with E-state index in [1.165, 1.54) is 0 Å². The fourth-order valence-electron chi connectivity index (χ4n) is 2.35. The number of aliphatic hydroxyl groups excluding tert-OH is 1. The van der Waals surface area contributed by atoms with Gasteiger partial charge in [0.1, 0.15) is 25.1 Å². The van der Waals surface area contributed by atoms with E-state index < -0.39 is 26.4 Å². The van der Waals surface area contributed by atoms with Crippen molar-refractivity contribution in [2.75, 3.05) is 20.0 Å². The van der Waals surface area contributed by atoms with Crippen LogP contribution in [-0.2, 0) is 25.6 Å². The monoisotopic (exact) mass is 366 g/mol. The summed E-state index contributed by atoms with van der Waals surface area (Å²) in [6, 6.07) is 11.0. The number of benzene rings is 1. The Morgan fingerprint density at radius 2 is 1.88 bits per heavy atom. The van der Waals surface area contributed by atoms with Gasteiger partial charge in [0.2, 0.25) is 0 Å². The molecule has 1 aliphatic heterocycles. The first-order chi connectivity index (χ1) is 12.0. The fourth-order valence-corrected chi connectivity index (χ4v) is 3.11. The minimum absolute atomic E-state index is 0.175. The normalized spacial score (nSPS) is 23.4. The van der Waals surface area contributed by atoms with Gasteiger partial charge in [-0.15, -0.1) is 0 Å². The molecular formula is C19H30O5Si. The fraction of sp³-hybridized carbons (Fsp3) is 0.579. The molecule has 0 saturated heterocycles. The highest BCUT2D eigenvalue weighted by molar-refractivity contribution is 6.76. The lowest BCUT2D eigenvalue weighted by molar-refractivity contribution is -0.149. The first-order valence-corrected chi connectivity index (χ1v) is 12.5. The van der Waals surface area contributed by atoms with Crippen molar-refractivity contribution < 1.29 is 24.1 Å². The minimum Gasteiger partial charge on any atom is -0.493 e. The van der Waals surface area contributed by atoms with Gasteiger partial charge in [-0.25, -0.2) is 0 Å². The van der Waals surface area contributed by atoms with Crippen molar-refractivity contribution in [2.45, 2.75) is 50.6 Å². The summed E-state index contributed by atoms with van der Waals surface area (Å²) in [6.07, 6.45) is 1.61. The molecule has 1 aromatic carbocycles. The number of hydrogen-bond donors (Lipinski definition) is 1. The molecular weight excluding hydrogens is 336 g/mol. The second kappa shape index (κ2) is 10.1. The predicted molar refractivity (Wildman–Crippen MR) is 100.0 cm³/mol. The van der Waals surface area contributed by atoms with Gasteiger partial charge in [-0.2, -0.15) is 0 Å². The molecule has 1 heterocycles. The van der Waals surface area contributed by atoms with Crippen LogP contribution in [0.5, 0.6) is 0 Å². The average molecular weight is 367 g/mol. The molecule has 2 rings (SSSR count). The first-order valence-electron chi connectivity index (χ1n) is 8.77. The Morgan fingerprint density at radius 3 is 2.60 bits per heavy atom. The van der Waals surface area contributed by atoms with E-state index >= 15 is 0 Å². The third-order valence-corrected chi connectivity index (χ3v) is 5.68. The number of aliphatic hydroxyl groups is 1. The standard InChI is InChI=1S/C19H30O5Si/c1-25(2,3)12-11-21-15-24-17-9-10-23-18(19(17)20)14-22-13-16-7-5-4-6-8-16/h4-10,17-20H,11-15H2,1-3H3/t17-,18+,19-/m0/s1. The zero-order valence-corrected chi connectivity index (χ0v) is 16.4. The third kappa shape index (κ3) is 7.71. The molecule has 140 valence electrons. The van der Waals surface area contributed by atoms with Crippen LogP contribution in [0.25, 0.3) is 0 Å².